The monoisotopic (exact) mass is 356 g/mol. The van der Waals surface area contributed by atoms with E-state index in [0.29, 0.717) is 11.8 Å². The maximum atomic E-state index is 12.3. The number of allylic oxidation sites excluding steroid dienone is 2. The summed E-state index contributed by atoms with van der Waals surface area (Å²) in [6.07, 6.45) is 10.3. The van der Waals surface area contributed by atoms with Gasteiger partial charge in [-0.3, -0.25) is 4.79 Å². The van der Waals surface area contributed by atoms with E-state index in [1.54, 1.807) is 5.57 Å². The van der Waals surface area contributed by atoms with Crippen molar-refractivity contribution in [3.63, 3.8) is 0 Å². The van der Waals surface area contributed by atoms with Crippen molar-refractivity contribution in [2.75, 3.05) is 6.61 Å². The maximum Gasteiger partial charge on any atom is 0.162 e. The quantitative estimate of drug-likeness (QED) is 0.464. The Morgan fingerprint density at radius 2 is 2.00 bits per heavy atom. The maximum absolute atomic E-state index is 12.3. The lowest BCUT2D eigenvalue weighted by atomic mass is 9.77. The van der Waals surface area contributed by atoms with Crippen molar-refractivity contribution in [1.29, 1.82) is 0 Å². The van der Waals surface area contributed by atoms with Crippen molar-refractivity contribution < 1.29 is 14.3 Å². The summed E-state index contributed by atoms with van der Waals surface area (Å²) < 4.78 is 11.9. The fourth-order valence-electron chi connectivity index (χ4n) is 3.73. The Hall–Kier alpha value is -1.45. The molecule has 2 atom stereocenters. The molecule has 142 valence electrons. The topological polar surface area (TPSA) is 35.5 Å². The van der Waals surface area contributed by atoms with E-state index >= 15 is 0 Å². The van der Waals surface area contributed by atoms with Crippen LogP contribution in [0.15, 0.2) is 42.0 Å². The summed E-state index contributed by atoms with van der Waals surface area (Å²) in [6, 6.07) is 9.53. The van der Waals surface area contributed by atoms with Gasteiger partial charge in [0, 0.05) is 18.4 Å². The fraction of sp³-hybridized carbons (Fsp3) is 0.609. The van der Waals surface area contributed by atoms with Gasteiger partial charge in [0.15, 0.2) is 12.1 Å². The lowest BCUT2D eigenvalue weighted by molar-refractivity contribution is -0.215. The second kappa shape index (κ2) is 8.96. The number of rotatable bonds is 7. The first-order chi connectivity index (χ1) is 12.5. The number of hydrogen-bond acceptors (Lipinski definition) is 3. The molecule has 1 aromatic carbocycles. The van der Waals surface area contributed by atoms with E-state index in [0.717, 1.165) is 37.9 Å². The Morgan fingerprint density at radius 1 is 1.19 bits per heavy atom. The molecule has 2 unspecified atom stereocenters. The van der Waals surface area contributed by atoms with Gasteiger partial charge in [0.2, 0.25) is 0 Å². The van der Waals surface area contributed by atoms with Gasteiger partial charge in [-0.25, -0.2) is 0 Å². The number of ether oxygens (including phenoxy) is 2. The molecule has 0 saturated carbocycles. The van der Waals surface area contributed by atoms with Crippen molar-refractivity contribution in [2.45, 2.75) is 77.6 Å². The minimum Gasteiger partial charge on any atom is -0.353 e. The number of carbonyl (C=O) groups excluding carboxylic acids is 1. The zero-order valence-corrected chi connectivity index (χ0v) is 16.2. The number of Topliss-reactive ketones (excluding diaryl/α,β-unsaturated/α-hetero) is 1. The van der Waals surface area contributed by atoms with Crippen LogP contribution in [0.3, 0.4) is 0 Å². The van der Waals surface area contributed by atoms with Crippen molar-refractivity contribution >= 4 is 5.78 Å². The second-order valence-electron chi connectivity index (χ2n) is 8.44. The van der Waals surface area contributed by atoms with Crippen LogP contribution < -0.4 is 0 Å². The zero-order chi connectivity index (χ0) is 18.4. The molecule has 0 spiro atoms. The third kappa shape index (κ3) is 5.78. The molecule has 0 radical (unpaired) electrons. The van der Waals surface area contributed by atoms with Crippen molar-refractivity contribution in [2.24, 2.45) is 5.41 Å². The van der Waals surface area contributed by atoms with Crippen LogP contribution >= 0.6 is 0 Å². The second-order valence-corrected chi connectivity index (χ2v) is 8.44. The minimum atomic E-state index is -0.114. The third-order valence-corrected chi connectivity index (χ3v) is 5.64. The van der Waals surface area contributed by atoms with Gasteiger partial charge >= 0.3 is 0 Å². The molecule has 3 heteroatoms. The van der Waals surface area contributed by atoms with E-state index in [4.69, 9.17) is 9.47 Å². The van der Waals surface area contributed by atoms with Crippen molar-refractivity contribution in [1.82, 2.24) is 0 Å². The average Bonchev–Trinajstić information content (AvgIpc) is 2.66. The van der Waals surface area contributed by atoms with Crippen LogP contribution in [-0.4, -0.2) is 24.8 Å². The first-order valence-electron chi connectivity index (χ1n) is 10.1. The highest BCUT2D eigenvalue weighted by molar-refractivity contribution is 5.95. The summed E-state index contributed by atoms with van der Waals surface area (Å²) in [5.74, 6) is 0.201. The Morgan fingerprint density at radius 3 is 2.73 bits per heavy atom. The lowest BCUT2D eigenvalue weighted by Gasteiger charge is -2.32. The highest BCUT2D eigenvalue weighted by atomic mass is 16.7. The van der Waals surface area contributed by atoms with Gasteiger partial charge in [0.1, 0.15) is 0 Å². The first-order valence-corrected chi connectivity index (χ1v) is 10.1. The zero-order valence-electron chi connectivity index (χ0n) is 16.2. The van der Waals surface area contributed by atoms with E-state index in [9.17, 15) is 4.79 Å². The molecule has 1 aliphatic carbocycles. The lowest BCUT2D eigenvalue weighted by Crippen LogP contribution is -2.32. The fourth-order valence-corrected chi connectivity index (χ4v) is 3.73. The Labute approximate surface area is 157 Å². The summed E-state index contributed by atoms with van der Waals surface area (Å²) in [5, 5.41) is 0. The van der Waals surface area contributed by atoms with E-state index in [-0.39, 0.29) is 18.2 Å². The van der Waals surface area contributed by atoms with Crippen LogP contribution in [0.1, 0.15) is 75.6 Å². The molecule has 1 fully saturated rings. The van der Waals surface area contributed by atoms with Crippen LogP contribution in [0, 0.1) is 5.41 Å². The highest BCUT2D eigenvalue weighted by Crippen LogP contribution is 2.36. The van der Waals surface area contributed by atoms with Crippen LogP contribution in [0.5, 0.6) is 0 Å². The molecule has 3 rings (SSSR count). The largest absolute Gasteiger partial charge is 0.353 e. The number of carbonyl (C=O) groups is 1. The molecule has 1 saturated heterocycles. The SMILES string of the molecule is CC1(C)CC=C(CCC2OCCC(CCC(=O)c3ccccc3)O2)CC1. The summed E-state index contributed by atoms with van der Waals surface area (Å²) >= 11 is 0. The van der Waals surface area contributed by atoms with Crippen LogP contribution in [-0.2, 0) is 9.47 Å². The smallest absolute Gasteiger partial charge is 0.162 e. The van der Waals surface area contributed by atoms with Gasteiger partial charge in [-0.05, 0) is 43.9 Å². The Balaban J connectivity index is 1.40. The standard InChI is InChI=1S/C23H32O3/c1-23(2)15-12-18(13-16-23)8-11-22-25-17-14-20(26-22)9-10-21(24)19-6-4-3-5-7-19/h3-7,12,20,22H,8-11,13-17H2,1-2H3. The van der Waals surface area contributed by atoms with Crippen LogP contribution in [0.25, 0.3) is 0 Å². The number of ketones is 1. The van der Waals surface area contributed by atoms with Gasteiger partial charge in [0.05, 0.1) is 12.7 Å². The molecular weight excluding hydrogens is 324 g/mol. The van der Waals surface area contributed by atoms with Gasteiger partial charge in [-0.2, -0.15) is 0 Å². The normalized spacial score (nSPS) is 25.5. The molecule has 3 nitrogen and oxygen atoms in total. The molecule has 0 aromatic heterocycles. The van der Waals surface area contributed by atoms with Gasteiger partial charge < -0.3 is 9.47 Å². The van der Waals surface area contributed by atoms with Gasteiger partial charge in [-0.15, -0.1) is 0 Å². The molecule has 1 heterocycles. The summed E-state index contributed by atoms with van der Waals surface area (Å²) in [6.45, 7) is 5.42. The Bertz CT molecular complexity index is 618. The highest BCUT2D eigenvalue weighted by Gasteiger charge is 2.25. The number of benzene rings is 1. The van der Waals surface area contributed by atoms with E-state index in [1.165, 1.54) is 19.3 Å². The molecule has 2 aliphatic rings. The predicted molar refractivity (Wildman–Crippen MR) is 104 cm³/mol. The molecule has 0 amide bonds. The van der Waals surface area contributed by atoms with Crippen LogP contribution in [0.2, 0.25) is 0 Å². The third-order valence-electron chi connectivity index (χ3n) is 5.64. The van der Waals surface area contributed by atoms with Crippen molar-refractivity contribution in [3.8, 4) is 0 Å². The minimum absolute atomic E-state index is 0.114. The predicted octanol–water partition coefficient (Wildman–Crippen LogP) is 5.70. The molecular formula is C23H32O3. The van der Waals surface area contributed by atoms with E-state index in [1.807, 2.05) is 30.3 Å². The van der Waals surface area contributed by atoms with E-state index < -0.39 is 0 Å². The Kier molecular flexibility index (Phi) is 6.66. The molecule has 1 aliphatic heterocycles. The number of hydrogen-bond donors (Lipinski definition) is 0. The molecule has 26 heavy (non-hydrogen) atoms. The van der Waals surface area contributed by atoms with E-state index in [2.05, 4.69) is 19.9 Å². The molecule has 0 N–H and O–H groups in total. The van der Waals surface area contributed by atoms with Crippen LogP contribution in [0.4, 0.5) is 0 Å². The van der Waals surface area contributed by atoms with Gasteiger partial charge in [0.25, 0.3) is 0 Å². The molecule has 0 bridgehead atoms. The molecule has 1 aromatic rings. The average molecular weight is 357 g/mol. The summed E-state index contributed by atoms with van der Waals surface area (Å²) in [4.78, 5) is 12.3. The van der Waals surface area contributed by atoms with Gasteiger partial charge in [-0.1, -0.05) is 55.8 Å². The first kappa shape index (κ1) is 19.3. The van der Waals surface area contributed by atoms with Crippen molar-refractivity contribution in [3.05, 3.63) is 47.5 Å². The summed E-state index contributed by atoms with van der Waals surface area (Å²) in [5.41, 5.74) is 2.80. The summed E-state index contributed by atoms with van der Waals surface area (Å²) in [7, 11) is 0.